The fraction of sp³-hybridized carbons (Fsp3) is 0.615. The Morgan fingerprint density at radius 1 is 1.10 bits per heavy atom. The molecular formula is C13H19N5O2. The summed E-state index contributed by atoms with van der Waals surface area (Å²) in [7, 11) is 3.51. The first-order chi connectivity index (χ1) is 9.56. The largest absolute Gasteiger partial charge is 0.342 e. The van der Waals surface area contributed by atoms with E-state index in [1.54, 1.807) is 14.0 Å². The minimum absolute atomic E-state index is 0.258. The highest BCUT2D eigenvalue weighted by Gasteiger charge is 2.22. The molecule has 0 saturated carbocycles. The van der Waals surface area contributed by atoms with Crippen molar-refractivity contribution in [2.75, 3.05) is 18.0 Å². The molecule has 1 aliphatic rings. The molecule has 1 aliphatic heterocycles. The van der Waals surface area contributed by atoms with E-state index in [1.807, 2.05) is 11.6 Å². The van der Waals surface area contributed by atoms with Crippen LogP contribution >= 0.6 is 0 Å². The molecule has 2 aromatic heterocycles. The van der Waals surface area contributed by atoms with Crippen LogP contribution in [-0.4, -0.2) is 31.8 Å². The van der Waals surface area contributed by atoms with Crippen LogP contribution in [0.4, 0.5) is 5.95 Å². The average Bonchev–Trinajstić information content (AvgIpc) is 3.04. The molecule has 3 rings (SSSR count). The van der Waals surface area contributed by atoms with Crippen molar-refractivity contribution in [2.24, 2.45) is 14.1 Å². The van der Waals surface area contributed by atoms with E-state index in [1.165, 1.54) is 9.13 Å². The van der Waals surface area contributed by atoms with Crippen molar-refractivity contribution in [1.29, 1.82) is 0 Å². The second-order valence-corrected chi connectivity index (χ2v) is 5.23. The third-order valence-electron chi connectivity index (χ3n) is 4.04. The number of hydrogen-bond acceptors (Lipinski definition) is 4. The van der Waals surface area contributed by atoms with Crippen LogP contribution in [-0.2, 0) is 20.6 Å². The lowest BCUT2D eigenvalue weighted by atomic mass is 10.4. The summed E-state index contributed by atoms with van der Waals surface area (Å²) >= 11 is 0. The molecule has 0 amide bonds. The van der Waals surface area contributed by atoms with Gasteiger partial charge in [-0.3, -0.25) is 13.9 Å². The maximum Gasteiger partial charge on any atom is 0.332 e. The van der Waals surface area contributed by atoms with Gasteiger partial charge in [0.25, 0.3) is 5.56 Å². The highest BCUT2D eigenvalue weighted by Crippen LogP contribution is 2.21. The fourth-order valence-electron chi connectivity index (χ4n) is 2.91. The zero-order valence-corrected chi connectivity index (χ0v) is 12.1. The number of fused-ring (bicyclic) bond motifs is 1. The zero-order valence-electron chi connectivity index (χ0n) is 12.1. The summed E-state index contributed by atoms with van der Waals surface area (Å²) < 4.78 is 4.52. The van der Waals surface area contributed by atoms with Gasteiger partial charge in [0, 0.05) is 33.7 Å². The lowest BCUT2D eigenvalue weighted by Gasteiger charge is -2.15. The van der Waals surface area contributed by atoms with Crippen LogP contribution in [0.1, 0.15) is 19.8 Å². The van der Waals surface area contributed by atoms with E-state index in [2.05, 4.69) is 9.88 Å². The second-order valence-electron chi connectivity index (χ2n) is 5.23. The SMILES string of the molecule is CCn1c(=O)c2c(nc(N3CCCC3)n2C)n(C)c1=O. The predicted octanol–water partition coefficient (Wildman–Crippen LogP) is 0.0538. The molecule has 0 aromatic carbocycles. The van der Waals surface area contributed by atoms with Gasteiger partial charge in [-0.05, 0) is 19.8 Å². The van der Waals surface area contributed by atoms with Crippen molar-refractivity contribution in [3.05, 3.63) is 20.8 Å². The minimum Gasteiger partial charge on any atom is -0.342 e. The van der Waals surface area contributed by atoms with Gasteiger partial charge in [-0.2, -0.15) is 4.98 Å². The standard InChI is InChI=1S/C13H19N5O2/c1-4-18-11(19)9-10(16(3)13(18)20)14-12(15(9)2)17-7-5-6-8-17/h4-8H2,1-3H3. The summed E-state index contributed by atoms with van der Waals surface area (Å²) in [4.78, 5) is 31.3. The quantitative estimate of drug-likeness (QED) is 0.778. The molecule has 108 valence electrons. The molecule has 3 heterocycles. The number of aryl methyl sites for hydroxylation is 2. The molecule has 2 aromatic rings. The Morgan fingerprint density at radius 3 is 2.35 bits per heavy atom. The number of anilines is 1. The molecule has 1 fully saturated rings. The number of aromatic nitrogens is 4. The Kier molecular flexibility index (Phi) is 2.92. The van der Waals surface area contributed by atoms with Gasteiger partial charge < -0.3 is 9.47 Å². The number of hydrogen-bond donors (Lipinski definition) is 0. The number of imidazole rings is 1. The van der Waals surface area contributed by atoms with Crippen LogP contribution in [0.15, 0.2) is 9.59 Å². The minimum atomic E-state index is -0.309. The van der Waals surface area contributed by atoms with Crippen LogP contribution in [0.5, 0.6) is 0 Å². The molecule has 20 heavy (non-hydrogen) atoms. The van der Waals surface area contributed by atoms with E-state index in [-0.39, 0.29) is 11.2 Å². The molecule has 0 spiro atoms. The molecule has 0 N–H and O–H groups in total. The maximum absolute atomic E-state index is 12.5. The lowest BCUT2D eigenvalue weighted by Crippen LogP contribution is -2.39. The Balaban J connectivity index is 2.36. The molecule has 0 unspecified atom stereocenters. The third-order valence-corrected chi connectivity index (χ3v) is 4.04. The van der Waals surface area contributed by atoms with Crippen molar-refractivity contribution < 1.29 is 0 Å². The van der Waals surface area contributed by atoms with Crippen LogP contribution < -0.4 is 16.1 Å². The van der Waals surface area contributed by atoms with Crippen molar-refractivity contribution in [2.45, 2.75) is 26.3 Å². The van der Waals surface area contributed by atoms with Crippen molar-refractivity contribution in [3.8, 4) is 0 Å². The van der Waals surface area contributed by atoms with E-state index in [0.717, 1.165) is 31.9 Å². The van der Waals surface area contributed by atoms with Gasteiger partial charge in [0.2, 0.25) is 5.95 Å². The Hall–Kier alpha value is -2.05. The molecule has 0 aliphatic carbocycles. The molecule has 0 bridgehead atoms. The monoisotopic (exact) mass is 277 g/mol. The highest BCUT2D eigenvalue weighted by atomic mass is 16.2. The summed E-state index contributed by atoms with van der Waals surface area (Å²) in [6.45, 7) is 4.07. The van der Waals surface area contributed by atoms with Gasteiger partial charge in [-0.25, -0.2) is 4.79 Å². The Morgan fingerprint density at radius 2 is 1.75 bits per heavy atom. The Labute approximate surface area is 116 Å². The molecule has 7 heteroatoms. The van der Waals surface area contributed by atoms with Gasteiger partial charge in [0.05, 0.1) is 0 Å². The third kappa shape index (κ3) is 1.62. The normalized spacial score (nSPS) is 15.4. The predicted molar refractivity (Wildman–Crippen MR) is 77.3 cm³/mol. The number of nitrogens with zero attached hydrogens (tertiary/aromatic N) is 5. The van der Waals surface area contributed by atoms with Gasteiger partial charge >= 0.3 is 5.69 Å². The average molecular weight is 277 g/mol. The van der Waals surface area contributed by atoms with E-state index in [9.17, 15) is 9.59 Å². The maximum atomic E-state index is 12.5. The summed E-state index contributed by atoms with van der Waals surface area (Å²) in [5.41, 5.74) is 0.395. The van der Waals surface area contributed by atoms with Gasteiger partial charge in [-0.15, -0.1) is 0 Å². The molecular weight excluding hydrogens is 258 g/mol. The summed E-state index contributed by atoms with van der Waals surface area (Å²) in [5.74, 6) is 0.776. The highest BCUT2D eigenvalue weighted by molar-refractivity contribution is 5.74. The van der Waals surface area contributed by atoms with Crippen LogP contribution in [0.2, 0.25) is 0 Å². The van der Waals surface area contributed by atoms with Gasteiger partial charge in [0.1, 0.15) is 0 Å². The van der Waals surface area contributed by atoms with Crippen LogP contribution in [0.3, 0.4) is 0 Å². The first kappa shape index (κ1) is 13.0. The van der Waals surface area contributed by atoms with Crippen molar-refractivity contribution in [3.63, 3.8) is 0 Å². The number of rotatable bonds is 2. The molecule has 0 radical (unpaired) electrons. The van der Waals surface area contributed by atoms with E-state index in [4.69, 9.17) is 0 Å². The summed E-state index contributed by atoms with van der Waals surface area (Å²) in [5, 5.41) is 0. The Bertz CT molecular complexity index is 777. The molecule has 1 saturated heterocycles. The van der Waals surface area contributed by atoms with E-state index >= 15 is 0 Å². The first-order valence-corrected chi connectivity index (χ1v) is 6.97. The first-order valence-electron chi connectivity index (χ1n) is 6.97. The van der Waals surface area contributed by atoms with Gasteiger partial charge in [-0.1, -0.05) is 0 Å². The molecule has 0 atom stereocenters. The van der Waals surface area contributed by atoms with Crippen LogP contribution in [0, 0.1) is 0 Å². The van der Waals surface area contributed by atoms with E-state index < -0.39 is 0 Å². The lowest BCUT2D eigenvalue weighted by molar-refractivity contribution is 0.635. The van der Waals surface area contributed by atoms with Crippen molar-refractivity contribution >= 4 is 17.1 Å². The topological polar surface area (TPSA) is 65.1 Å². The van der Waals surface area contributed by atoms with Gasteiger partial charge in [0.15, 0.2) is 11.2 Å². The van der Waals surface area contributed by atoms with Crippen LogP contribution in [0.25, 0.3) is 11.2 Å². The smallest absolute Gasteiger partial charge is 0.332 e. The van der Waals surface area contributed by atoms with E-state index in [0.29, 0.717) is 17.7 Å². The van der Waals surface area contributed by atoms with Crippen molar-refractivity contribution in [1.82, 2.24) is 18.7 Å². The fourth-order valence-corrected chi connectivity index (χ4v) is 2.91. The molecule has 7 nitrogen and oxygen atoms in total. The second kappa shape index (κ2) is 4.50. The summed E-state index contributed by atoms with van der Waals surface area (Å²) in [6.07, 6.45) is 2.28. The zero-order chi connectivity index (χ0) is 14.4. The summed E-state index contributed by atoms with van der Waals surface area (Å²) in [6, 6.07) is 0.